The number of anilines is 1. The molecule has 2 heterocycles. The minimum absolute atomic E-state index is 0.220. The Hall–Kier alpha value is -1.97. The van der Waals surface area contributed by atoms with Gasteiger partial charge in [0.25, 0.3) is 0 Å². The molecule has 0 bridgehead atoms. The van der Waals surface area contributed by atoms with E-state index in [0.717, 1.165) is 28.1 Å². The Bertz CT molecular complexity index is 635. The van der Waals surface area contributed by atoms with Crippen molar-refractivity contribution in [1.82, 2.24) is 4.98 Å². The molecule has 2 aliphatic rings. The van der Waals surface area contributed by atoms with Crippen molar-refractivity contribution in [3.63, 3.8) is 0 Å². The molecule has 1 aromatic carbocycles. The Morgan fingerprint density at radius 2 is 2.00 bits per heavy atom. The molecule has 0 saturated heterocycles. The van der Waals surface area contributed by atoms with Crippen LogP contribution in [0.2, 0.25) is 0 Å². The van der Waals surface area contributed by atoms with Gasteiger partial charge in [-0.25, -0.2) is 4.98 Å². The number of hydrogen-bond donors (Lipinski definition) is 1. The van der Waals surface area contributed by atoms with E-state index in [-0.39, 0.29) is 5.54 Å². The van der Waals surface area contributed by atoms with Crippen molar-refractivity contribution in [2.45, 2.75) is 25.3 Å². The van der Waals surface area contributed by atoms with Gasteiger partial charge in [0.2, 0.25) is 6.79 Å². The van der Waals surface area contributed by atoms with Crippen LogP contribution in [0.15, 0.2) is 24.4 Å². The van der Waals surface area contributed by atoms with Gasteiger partial charge < -0.3 is 14.8 Å². The first-order valence-electron chi connectivity index (χ1n) is 6.20. The summed E-state index contributed by atoms with van der Waals surface area (Å²) >= 11 is 0. The highest BCUT2D eigenvalue weighted by Gasteiger charge is 2.37. The second-order valence-corrected chi connectivity index (χ2v) is 5.27. The van der Waals surface area contributed by atoms with Crippen LogP contribution in [0.5, 0.6) is 11.5 Å². The molecular formula is C14H14N2O2. The van der Waals surface area contributed by atoms with E-state index in [1.807, 2.05) is 24.4 Å². The van der Waals surface area contributed by atoms with Crippen molar-refractivity contribution < 1.29 is 9.47 Å². The van der Waals surface area contributed by atoms with E-state index in [1.54, 1.807) is 0 Å². The number of fused-ring (bicyclic) bond motifs is 2. The zero-order valence-corrected chi connectivity index (χ0v) is 10.2. The molecule has 4 rings (SSSR count). The molecule has 0 spiro atoms. The molecule has 0 amide bonds. The summed E-state index contributed by atoms with van der Waals surface area (Å²) in [4.78, 5) is 4.45. The summed E-state index contributed by atoms with van der Waals surface area (Å²) < 4.78 is 10.8. The maximum Gasteiger partial charge on any atom is 0.231 e. The van der Waals surface area contributed by atoms with Gasteiger partial charge in [-0.2, -0.15) is 0 Å². The van der Waals surface area contributed by atoms with E-state index >= 15 is 0 Å². The molecule has 4 nitrogen and oxygen atoms in total. The van der Waals surface area contributed by atoms with Gasteiger partial charge in [0.15, 0.2) is 11.5 Å². The molecule has 1 aliphatic carbocycles. The lowest BCUT2D eigenvalue weighted by Crippen LogP contribution is -2.16. The highest BCUT2D eigenvalue weighted by molar-refractivity contribution is 5.94. The number of rotatable bonds is 2. The van der Waals surface area contributed by atoms with Crippen LogP contribution in [0.25, 0.3) is 10.8 Å². The van der Waals surface area contributed by atoms with Crippen LogP contribution >= 0.6 is 0 Å². The van der Waals surface area contributed by atoms with Crippen LogP contribution in [0.1, 0.15) is 19.8 Å². The van der Waals surface area contributed by atoms with E-state index in [9.17, 15) is 0 Å². The predicted octanol–water partition coefficient (Wildman–Crippen LogP) is 2.93. The average molecular weight is 242 g/mol. The molecule has 0 radical (unpaired) electrons. The predicted molar refractivity (Wildman–Crippen MR) is 69.1 cm³/mol. The molecule has 1 N–H and O–H groups in total. The van der Waals surface area contributed by atoms with Crippen LogP contribution in [0, 0.1) is 0 Å². The lowest BCUT2D eigenvalue weighted by Gasteiger charge is -2.14. The molecule has 1 aromatic heterocycles. The molecule has 1 aliphatic heterocycles. The lowest BCUT2D eigenvalue weighted by atomic mass is 10.1. The summed E-state index contributed by atoms with van der Waals surface area (Å²) in [5.74, 6) is 2.56. The Balaban J connectivity index is 1.87. The first kappa shape index (κ1) is 10.00. The normalized spacial score (nSPS) is 18.9. The quantitative estimate of drug-likeness (QED) is 0.879. The Morgan fingerprint density at radius 1 is 1.22 bits per heavy atom. The molecule has 0 atom stereocenters. The van der Waals surface area contributed by atoms with Gasteiger partial charge >= 0.3 is 0 Å². The summed E-state index contributed by atoms with van der Waals surface area (Å²) in [6.45, 7) is 2.53. The third-order valence-electron chi connectivity index (χ3n) is 3.68. The molecule has 4 heteroatoms. The second kappa shape index (κ2) is 3.28. The summed E-state index contributed by atoms with van der Waals surface area (Å²) in [6, 6.07) is 6.02. The van der Waals surface area contributed by atoms with Gasteiger partial charge in [-0.05, 0) is 43.4 Å². The van der Waals surface area contributed by atoms with E-state index in [4.69, 9.17) is 9.47 Å². The smallest absolute Gasteiger partial charge is 0.231 e. The first-order valence-corrected chi connectivity index (χ1v) is 6.20. The van der Waals surface area contributed by atoms with Gasteiger partial charge in [0.1, 0.15) is 5.82 Å². The first-order chi connectivity index (χ1) is 8.73. The monoisotopic (exact) mass is 242 g/mol. The Kier molecular flexibility index (Phi) is 1.82. The highest BCUT2D eigenvalue weighted by Crippen LogP contribution is 2.41. The van der Waals surface area contributed by atoms with Crippen LogP contribution in [-0.2, 0) is 0 Å². The number of hydrogen-bond acceptors (Lipinski definition) is 4. The maximum absolute atomic E-state index is 5.43. The molecule has 1 saturated carbocycles. The van der Waals surface area contributed by atoms with Crippen LogP contribution in [0.4, 0.5) is 5.82 Å². The third-order valence-corrected chi connectivity index (χ3v) is 3.68. The van der Waals surface area contributed by atoms with Crippen molar-refractivity contribution in [2.24, 2.45) is 0 Å². The van der Waals surface area contributed by atoms with Crippen molar-refractivity contribution in [2.75, 3.05) is 12.1 Å². The Labute approximate surface area is 105 Å². The molecule has 2 aromatic rings. The molecule has 0 unspecified atom stereocenters. The third kappa shape index (κ3) is 1.49. The number of nitrogens with one attached hydrogen (secondary N) is 1. The van der Waals surface area contributed by atoms with Crippen LogP contribution in [0.3, 0.4) is 0 Å². The average Bonchev–Trinajstić information content (AvgIpc) is 2.90. The number of ether oxygens (including phenoxy) is 2. The summed E-state index contributed by atoms with van der Waals surface area (Å²) in [5, 5.41) is 5.74. The fourth-order valence-electron chi connectivity index (χ4n) is 2.26. The van der Waals surface area contributed by atoms with Crippen LogP contribution in [-0.4, -0.2) is 17.3 Å². The zero-order valence-electron chi connectivity index (χ0n) is 10.2. The topological polar surface area (TPSA) is 43.4 Å². The van der Waals surface area contributed by atoms with Gasteiger partial charge in [0.05, 0.1) is 0 Å². The molecule has 1 fully saturated rings. The minimum atomic E-state index is 0.220. The largest absolute Gasteiger partial charge is 0.454 e. The fourth-order valence-corrected chi connectivity index (χ4v) is 2.26. The minimum Gasteiger partial charge on any atom is -0.454 e. The molecule has 18 heavy (non-hydrogen) atoms. The number of nitrogens with zero attached hydrogens (tertiary/aromatic N) is 1. The highest BCUT2D eigenvalue weighted by atomic mass is 16.7. The standard InChI is InChI=1S/C14H14N2O2/c1-14(3-4-14)16-13-10-7-12-11(17-8-18-12)6-9(10)2-5-15-13/h2,5-7H,3-4,8H2,1H3,(H,15,16). The second-order valence-electron chi connectivity index (χ2n) is 5.27. The zero-order chi connectivity index (χ0) is 12.2. The summed E-state index contributed by atoms with van der Waals surface area (Å²) in [7, 11) is 0. The number of pyridine rings is 1. The van der Waals surface area contributed by atoms with Gasteiger partial charge in [-0.3, -0.25) is 0 Å². The van der Waals surface area contributed by atoms with E-state index in [1.165, 1.54) is 12.8 Å². The van der Waals surface area contributed by atoms with Crippen LogP contribution < -0.4 is 14.8 Å². The summed E-state index contributed by atoms with van der Waals surface area (Å²) in [5.41, 5.74) is 0.220. The molecular weight excluding hydrogens is 228 g/mol. The van der Waals surface area contributed by atoms with E-state index < -0.39 is 0 Å². The van der Waals surface area contributed by atoms with Gasteiger partial charge in [-0.1, -0.05) is 0 Å². The summed E-state index contributed by atoms with van der Waals surface area (Å²) in [6.07, 6.45) is 4.24. The number of aromatic nitrogens is 1. The van der Waals surface area contributed by atoms with Gasteiger partial charge in [-0.15, -0.1) is 0 Å². The van der Waals surface area contributed by atoms with E-state index in [2.05, 4.69) is 17.2 Å². The van der Waals surface area contributed by atoms with Crippen molar-refractivity contribution >= 4 is 16.6 Å². The Morgan fingerprint density at radius 3 is 2.78 bits per heavy atom. The number of benzene rings is 1. The molecule has 92 valence electrons. The lowest BCUT2D eigenvalue weighted by molar-refractivity contribution is 0.174. The van der Waals surface area contributed by atoms with E-state index in [0.29, 0.717) is 6.79 Å². The van der Waals surface area contributed by atoms with Crippen molar-refractivity contribution in [3.05, 3.63) is 24.4 Å². The fraction of sp³-hybridized carbons (Fsp3) is 0.357. The SMILES string of the molecule is CC1(Nc2nccc3cc4c(cc23)OCO4)CC1. The van der Waals surface area contributed by atoms with Crippen molar-refractivity contribution in [1.29, 1.82) is 0 Å². The van der Waals surface area contributed by atoms with Crippen molar-refractivity contribution in [3.8, 4) is 11.5 Å². The maximum atomic E-state index is 5.43. The van der Waals surface area contributed by atoms with Gasteiger partial charge in [0, 0.05) is 17.1 Å².